The van der Waals surface area contributed by atoms with Crippen LogP contribution < -0.4 is 10.1 Å². The molecular formula is C18H23ClFNO5. The number of carbonyl (C=O) groups is 3. The maximum atomic E-state index is 14.8. The molecule has 1 unspecified atom stereocenters. The van der Waals surface area contributed by atoms with E-state index >= 15 is 0 Å². The standard InChI is InChI=1S/C18H23ClFNO5/c1-6-25-16-11(10(2)23)9-12(19)15(20)14(16)13(7-8-22)21-17(24)26-18(3,4)5/h8-9,13H,6-7H2,1-5H3,(H,21,24). The average molecular weight is 388 g/mol. The number of Topliss-reactive ketones (excluding diaryl/α,β-unsaturated/α-hetero) is 1. The number of hydrogen-bond acceptors (Lipinski definition) is 5. The first kappa shape index (κ1) is 21.9. The van der Waals surface area contributed by atoms with E-state index in [1.807, 2.05) is 0 Å². The van der Waals surface area contributed by atoms with Crippen molar-refractivity contribution < 1.29 is 28.2 Å². The molecule has 0 aromatic heterocycles. The Bertz CT molecular complexity index is 700. The molecular weight excluding hydrogens is 365 g/mol. The summed E-state index contributed by atoms with van der Waals surface area (Å²) in [6.07, 6.45) is -0.574. The molecule has 1 aromatic carbocycles. The van der Waals surface area contributed by atoms with Crippen molar-refractivity contribution in [2.75, 3.05) is 6.61 Å². The number of aldehydes is 1. The SMILES string of the molecule is CCOc1c(C(C)=O)cc(Cl)c(F)c1C(CC=O)NC(=O)OC(C)(C)C. The minimum atomic E-state index is -1.11. The zero-order valence-corrected chi connectivity index (χ0v) is 16.2. The molecule has 0 bridgehead atoms. The summed E-state index contributed by atoms with van der Waals surface area (Å²) in [6.45, 7) is 8.10. The van der Waals surface area contributed by atoms with Gasteiger partial charge >= 0.3 is 6.09 Å². The van der Waals surface area contributed by atoms with Gasteiger partial charge < -0.3 is 19.6 Å². The number of amides is 1. The smallest absolute Gasteiger partial charge is 0.408 e. The van der Waals surface area contributed by atoms with Crippen molar-refractivity contribution in [2.45, 2.75) is 52.7 Å². The van der Waals surface area contributed by atoms with E-state index in [-0.39, 0.29) is 34.9 Å². The molecule has 1 aromatic rings. The van der Waals surface area contributed by atoms with E-state index in [0.717, 1.165) is 0 Å². The number of halogens is 2. The van der Waals surface area contributed by atoms with Gasteiger partial charge in [-0.25, -0.2) is 9.18 Å². The quantitative estimate of drug-likeness (QED) is 0.559. The fourth-order valence-electron chi connectivity index (χ4n) is 2.30. The van der Waals surface area contributed by atoms with Crippen LogP contribution in [-0.4, -0.2) is 30.4 Å². The van der Waals surface area contributed by atoms with Crippen LogP contribution >= 0.6 is 11.6 Å². The number of alkyl carbamates (subject to hydrolysis) is 1. The summed E-state index contributed by atoms with van der Waals surface area (Å²) < 4.78 is 25.4. The van der Waals surface area contributed by atoms with Gasteiger partial charge in [-0.2, -0.15) is 0 Å². The van der Waals surface area contributed by atoms with Crippen LogP contribution in [-0.2, 0) is 9.53 Å². The maximum absolute atomic E-state index is 14.8. The van der Waals surface area contributed by atoms with Gasteiger partial charge in [0, 0.05) is 6.42 Å². The lowest BCUT2D eigenvalue weighted by molar-refractivity contribution is -0.108. The van der Waals surface area contributed by atoms with Crippen LogP contribution in [0.15, 0.2) is 6.07 Å². The summed E-state index contributed by atoms with van der Waals surface area (Å²) in [4.78, 5) is 35.1. The van der Waals surface area contributed by atoms with E-state index in [1.54, 1.807) is 27.7 Å². The van der Waals surface area contributed by atoms with Crippen molar-refractivity contribution in [3.8, 4) is 5.75 Å². The summed E-state index contributed by atoms with van der Waals surface area (Å²) in [6, 6.07) is 0.0554. The van der Waals surface area contributed by atoms with Crippen molar-refractivity contribution in [3.63, 3.8) is 0 Å². The molecule has 1 atom stereocenters. The molecule has 26 heavy (non-hydrogen) atoms. The Morgan fingerprint density at radius 3 is 2.46 bits per heavy atom. The van der Waals surface area contributed by atoms with E-state index in [0.29, 0.717) is 6.29 Å². The summed E-state index contributed by atoms with van der Waals surface area (Å²) in [5.74, 6) is -1.31. The molecule has 0 aliphatic carbocycles. The molecule has 1 rings (SSSR count). The molecule has 0 aliphatic rings. The molecule has 1 N–H and O–H groups in total. The van der Waals surface area contributed by atoms with Gasteiger partial charge in [0.1, 0.15) is 17.6 Å². The number of carbonyl (C=O) groups excluding carboxylic acids is 3. The van der Waals surface area contributed by atoms with Gasteiger partial charge in [0.25, 0.3) is 0 Å². The number of benzene rings is 1. The van der Waals surface area contributed by atoms with Gasteiger partial charge in [0.2, 0.25) is 0 Å². The van der Waals surface area contributed by atoms with E-state index in [4.69, 9.17) is 21.1 Å². The summed E-state index contributed by atoms with van der Waals surface area (Å²) >= 11 is 5.91. The fraction of sp³-hybridized carbons (Fsp3) is 0.500. The molecule has 0 aliphatic heterocycles. The van der Waals surface area contributed by atoms with E-state index in [2.05, 4.69) is 5.32 Å². The molecule has 0 saturated heterocycles. The minimum absolute atomic E-state index is 0.0511. The molecule has 6 nitrogen and oxygen atoms in total. The molecule has 0 saturated carbocycles. The summed E-state index contributed by atoms with van der Waals surface area (Å²) in [5, 5.41) is 2.13. The second-order valence-electron chi connectivity index (χ2n) is 6.55. The van der Waals surface area contributed by atoms with Crippen LogP contribution in [0, 0.1) is 5.82 Å². The second-order valence-corrected chi connectivity index (χ2v) is 6.96. The lowest BCUT2D eigenvalue weighted by Crippen LogP contribution is -2.35. The van der Waals surface area contributed by atoms with Crippen LogP contribution in [0.3, 0.4) is 0 Å². The van der Waals surface area contributed by atoms with Gasteiger partial charge in [-0.1, -0.05) is 11.6 Å². The van der Waals surface area contributed by atoms with Crippen molar-refractivity contribution in [1.29, 1.82) is 0 Å². The third kappa shape index (κ3) is 5.69. The fourth-order valence-corrected chi connectivity index (χ4v) is 2.51. The normalized spacial score (nSPS) is 12.3. The first-order chi connectivity index (χ1) is 12.0. The van der Waals surface area contributed by atoms with Crippen LogP contribution in [0.25, 0.3) is 0 Å². The predicted octanol–water partition coefficient (Wildman–Crippen LogP) is 4.24. The van der Waals surface area contributed by atoms with Gasteiger partial charge in [-0.05, 0) is 40.7 Å². The number of ketones is 1. The molecule has 0 radical (unpaired) electrons. The van der Waals surface area contributed by atoms with Crippen molar-refractivity contribution >= 4 is 29.8 Å². The highest BCUT2D eigenvalue weighted by atomic mass is 35.5. The highest BCUT2D eigenvalue weighted by molar-refractivity contribution is 6.31. The lowest BCUT2D eigenvalue weighted by atomic mass is 9.97. The summed E-state index contributed by atoms with van der Waals surface area (Å²) in [7, 11) is 0. The van der Waals surface area contributed by atoms with Gasteiger partial charge in [-0.3, -0.25) is 4.79 Å². The van der Waals surface area contributed by atoms with Crippen molar-refractivity contribution in [1.82, 2.24) is 5.32 Å². The highest BCUT2D eigenvalue weighted by Gasteiger charge is 2.29. The molecule has 144 valence electrons. The molecule has 0 heterocycles. The van der Waals surface area contributed by atoms with Crippen molar-refractivity contribution in [3.05, 3.63) is 28.0 Å². The second kappa shape index (κ2) is 8.98. The van der Waals surface area contributed by atoms with E-state index in [9.17, 15) is 18.8 Å². The first-order valence-corrected chi connectivity index (χ1v) is 8.48. The minimum Gasteiger partial charge on any atom is -0.493 e. The van der Waals surface area contributed by atoms with Crippen molar-refractivity contribution in [2.24, 2.45) is 0 Å². The monoisotopic (exact) mass is 387 g/mol. The molecule has 8 heteroatoms. The summed E-state index contributed by atoms with van der Waals surface area (Å²) in [5.41, 5.74) is -0.881. The Labute approximate surface area is 157 Å². The Hall–Kier alpha value is -2.15. The Kier molecular flexibility index (Phi) is 7.56. The third-order valence-corrected chi connectivity index (χ3v) is 3.52. The first-order valence-electron chi connectivity index (χ1n) is 8.10. The Morgan fingerprint density at radius 1 is 1.38 bits per heavy atom. The van der Waals surface area contributed by atoms with E-state index < -0.39 is 29.3 Å². The van der Waals surface area contributed by atoms with Crippen LogP contribution in [0.1, 0.15) is 63.0 Å². The highest BCUT2D eigenvalue weighted by Crippen LogP contribution is 2.37. The Morgan fingerprint density at radius 2 is 2.00 bits per heavy atom. The van der Waals surface area contributed by atoms with E-state index in [1.165, 1.54) is 13.0 Å². The number of nitrogens with one attached hydrogen (secondary N) is 1. The zero-order chi connectivity index (χ0) is 20.1. The Balaban J connectivity index is 3.47. The largest absolute Gasteiger partial charge is 0.493 e. The number of hydrogen-bond donors (Lipinski definition) is 1. The van der Waals surface area contributed by atoms with Gasteiger partial charge in [0.05, 0.1) is 28.8 Å². The van der Waals surface area contributed by atoms with Gasteiger partial charge in [-0.15, -0.1) is 0 Å². The lowest BCUT2D eigenvalue weighted by Gasteiger charge is -2.25. The number of ether oxygens (including phenoxy) is 2. The molecule has 0 spiro atoms. The molecule has 1 amide bonds. The van der Waals surface area contributed by atoms with Gasteiger partial charge in [0.15, 0.2) is 11.6 Å². The molecule has 0 fully saturated rings. The number of rotatable bonds is 7. The van der Waals surface area contributed by atoms with Crippen LogP contribution in [0.2, 0.25) is 5.02 Å². The predicted molar refractivity (Wildman–Crippen MR) is 95.4 cm³/mol. The third-order valence-electron chi connectivity index (χ3n) is 3.25. The maximum Gasteiger partial charge on any atom is 0.408 e. The zero-order valence-electron chi connectivity index (χ0n) is 15.4. The van der Waals surface area contributed by atoms with Crippen LogP contribution in [0.5, 0.6) is 5.75 Å². The van der Waals surface area contributed by atoms with Crippen LogP contribution in [0.4, 0.5) is 9.18 Å². The average Bonchev–Trinajstić information content (AvgIpc) is 2.48. The topological polar surface area (TPSA) is 81.7 Å².